The molecular weight excluding hydrogens is 245 g/mol. The third-order valence-electron chi connectivity index (χ3n) is 4.33. The Morgan fingerprint density at radius 3 is 2.42 bits per heavy atom. The van der Waals surface area contributed by atoms with E-state index in [2.05, 4.69) is 10.3 Å². The molecule has 0 bridgehead atoms. The van der Waals surface area contributed by atoms with Gasteiger partial charge in [-0.2, -0.15) is 0 Å². The number of rotatable bonds is 2. The Morgan fingerprint density at radius 2 is 1.89 bits per heavy atom. The lowest BCUT2D eigenvalue weighted by molar-refractivity contribution is -0.0663. The van der Waals surface area contributed by atoms with E-state index in [1.165, 1.54) is 12.3 Å². The summed E-state index contributed by atoms with van der Waals surface area (Å²) in [6.07, 6.45) is 2.43. The first-order valence-corrected chi connectivity index (χ1v) is 6.34. The first-order valence-electron chi connectivity index (χ1n) is 6.34. The fourth-order valence-electron chi connectivity index (χ4n) is 3.30. The van der Waals surface area contributed by atoms with Gasteiger partial charge in [-0.1, -0.05) is 27.7 Å². The zero-order chi connectivity index (χ0) is 14.4. The molecule has 2 rings (SSSR count). The molecule has 104 valence electrons. The molecule has 0 unspecified atom stereocenters. The van der Waals surface area contributed by atoms with Crippen molar-refractivity contribution in [3.8, 4) is 0 Å². The topological polar surface area (TPSA) is 68.0 Å². The predicted octanol–water partition coefficient (Wildman–Crippen LogP) is 1.71. The van der Waals surface area contributed by atoms with Gasteiger partial charge < -0.3 is 11.1 Å². The van der Waals surface area contributed by atoms with E-state index < -0.39 is 5.82 Å². The van der Waals surface area contributed by atoms with Crippen LogP contribution in [0.15, 0.2) is 18.5 Å². The van der Waals surface area contributed by atoms with Gasteiger partial charge in [-0.15, -0.1) is 0 Å². The minimum absolute atomic E-state index is 0.0101. The maximum absolute atomic E-state index is 13.1. The Balaban J connectivity index is 2.16. The maximum atomic E-state index is 13.1. The van der Waals surface area contributed by atoms with Crippen molar-refractivity contribution in [1.29, 1.82) is 0 Å². The summed E-state index contributed by atoms with van der Waals surface area (Å²) in [5.41, 5.74) is 6.01. The van der Waals surface area contributed by atoms with Crippen molar-refractivity contribution in [1.82, 2.24) is 10.3 Å². The molecule has 5 heteroatoms. The predicted molar refractivity (Wildman–Crippen MR) is 71.0 cm³/mol. The van der Waals surface area contributed by atoms with Crippen LogP contribution >= 0.6 is 0 Å². The van der Waals surface area contributed by atoms with Gasteiger partial charge in [0.1, 0.15) is 5.82 Å². The second kappa shape index (κ2) is 4.27. The largest absolute Gasteiger partial charge is 0.348 e. The standard InChI is InChI=1S/C14H20FN3O/c1-13(2)11(16)14(3,4)12(13)18-10(19)8-5-9(15)7-17-6-8/h5-7,11-12H,16H2,1-4H3,(H,18,19). The van der Waals surface area contributed by atoms with Crippen molar-refractivity contribution < 1.29 is 9.18 Å². The number of amides is 1. The average Bonchev–Trinajstić information content (AvgIpc) is 2.34. The molecule has 0 aromatic carbocycles. The summed E-state index contributed by atoms with van der Waals surface area (Å²) in [7, 11) is 0. The Hall–Kier alpha value is -1.49. The molecule has 1 aliphatic carbocycles. The number of carbonyl (C=O) groups is 1. The van der Waals surface area contributed by atoms with Gasteiger partial charge in [0.2, 0.25) is 0 Å². The zero-order valence-electron chi connectivity index (χ0n) is 11.7. The molecule has 19 heavy (non-hydrogen) atoms. The van der Waals surface area contributed by atoms with Crippen molar-refractivity contribution in [2.24, 2.45) is 16.6 Å². The van der Waals surface area contributed by atoms with Gasteiger partial charge in [-0.25, -0.2) is 4.39 Å². The number of hydrogen-bond acceptors (Lipinski definition) is 3. The molecule has 4 nitrogen and oxygen atoms in total. The van der Waals surface area contributed by atoms with Crippen LogP contribution < -0.4 is 11.1 Å². The van der Waals surface area contributed by atoms with Crippen LogP contribution in [-0.2, 0) is 0 Å². The van der Waals surface area contributed by atoms with Crippen LogP contribution in [0.3, 0.4) is 0 Å². The van der Waals surface area contributed by atoms with Crippen molar-refractivity contribution in [3.05, 3.63) is 29.8 Å². The van der Waals surface area contributed by atoms with Gasteiger partial charge in [-0.3, -0.25) is 9.78 Å². The van der Waals surface area contributed by atoms with Gasteiger partial charge in [0.15, 0.2) is 0 Å². The summed E-state index contributed by atoms with van der Waals surface area (Å²) < 4.78 is 13.1. The van der Waals surface area contributed by atoms with Crippen LogP contribution in [0.1, 0.15) is 38.1 Å². The van der Waals surface area contributed by atoms with E-state index in [1.807, 2.05) is 27.7 Å². The second-order valence-corrected chi connectivity index (χ2v) is 6.42. The van der Waals surface area contributed by atoms with Gasteiger partial charge >= 0.3 is 0 Å². The number of carbonyl (C=O) groups excluding carboxylic acids is 1. The molecule has 1 amide bonds. The minimum atomic E-state index is -0.517. The highest BCUT2D eigenvalue weighted by Crippen LogP contribution is 2.52. The molecule has 0 saturated heterocycles. The monoisotopic (exact) mass is 265 g/mol. The molecule has 0 spiro atoms. The smallest absolute Gasteiger partial charge is 0.253 e. The summed E-state index contributed by atoms with van der Waals surface area (Å²) in [5.74, 6) is -0.832. The molecule has 1 aromatic rings. The quantitative estimate of drug-likeness (QED) is 0.855. The summed E-state index contributed by atoms with van der Waals surface area (Å²) in [6, 6.07) is 1.14. The van der Waals surface area contributed by atoms with Crippen LogP contribution in [-0.4, -0.2) is 23.0 Å². The van der Waals surface area contributed by atoms with Crippen LogP contribution in [0.25, 0.3) is 0 Å². The summed E-state index contributed by atoms with van der Waals surface area (Å²) in [6.45, 7) is 8.10. The van der Waals surface area contributed by atoms with Crippen molar-refractivity contribution in [2.75, 3.05) is 0 Å². The Kier molecular flexibility index (Phi) is 3.13. The van der Waals surface area contributed by atoms with Crippen LogP contribution in [0.2, 0.25) is 0 Å². The normalized spacial score (nSPS) is 27.5. The Labute approximate surface area is 112 Å². The minimum Gasteiger partial charge on any atom is -0.348 e. The van der Waals surface area contributed by atoms with Crippen molar-refractivity contribution in [3.63, 3.8) is 0 Å². The molecule has 3 N–H and O–H groups in total. The molecule has 1 saturated carbocycles. The summed E-state index contributed by atoms with van der Waals surface area (Å²) in [4.78, 5) is 15.8. The fourth-order valence-corrected chi connectivity index (χ4v) is 3.30. The van der Waals surface area contributed by atoms with E-state index in [-0.39, 0.29) is 34.4 Å². The highest BCUT2D eigenvalue weighted by molar-refractivity contribution is 5.94. The number of aromatic nitrogens is 1. The van der Waals surface area contributed by atoms with E-state index in [0.717, 1.165) is 6.20 Å². The lowest BCUT2D eigenvalue weighted by Crippen LogP contribution is -2.76. The van der Waals surface area contributed by atoms with Crippen molar-refractivity contribution >= 4 is 5.91 Å². The van der Waals surface area contributed by atoms with E-state index in [0.29, 0.717) is 0 Å². The highest BCUT2D eigenvalue weighted by atomic mass is 19.1. The Morgan fingerprint density at radius 1 is 1.32 bits per heavy atom. The number of hydrogen-bond donors (Lipinski definition) is 2. The summed E-state index contributed by atoms with van der Waals surface area (Å²) in [5, 5.41) is 2.95. The van der Waals surface area contributed by atoms with E-state index in [4.69, 9.17) is 5.73 Å². The third kappa shape index (κ3) is 2.12. The van der Waals surface area contributed by atoms with Crippen molar-refractivity contribution in [2.45, 2.75) is 39.8 Å². The fraction of sp³-hybridized carbons (Fsp3) is 0.571. The van der Waals surface area contributed by atoms with Gasteiger partial charge in [0, 0.05) is 29.1 Å². The summed E-state index contributed by atoms with van der Waals surface area (Å²) >= 11 is 0. The van der Waals surface area contributed by atoms with E-state index in [1.54, 1.807) is 0 Å². The molecule has 1 fully saturated rings. The number of halogens is 1. The first kappa shape index (κ1) is 13.9. The highest BCUT2D eigenvalue weighted by Gasteiger charge is 2.60. The first-order chi connectivity index (χ1) is 8.67. The molecule has 0 radical (unpaired) electrons. The third-order valence-corrected chi connectivity index (χ3v) is 4.33. The number of nitrogens with zero attached hydrogens (tertiary/aromatic N) is 1. The molecular formula is C14H20FN3O. The number of nitrogens with two attached hydrogens (primary N) is 1. The molecule has 0 atom stereocenters. The maximum Gasteiger partial charge on any atom is 0.253 e. The second-order valence-electron chi connectivity index (χ2n) is 6.42. The van der Waals surface area contributed by atoms with E-state index in [9.17, 15) is 9.18 Å². The van der Waals surface area contributed by atoms with Gasteiger partial charge in [-0.05, 0) is 6.07 Å². The molecule has 1 heterocycles. The van der Waals surface area contributed by atoms with Crippen LogP contribution in [0.4, 0.5) is 4.39 Å². The molecule has 1 aliphatic rings. The van der Waals surface area contributed by atoms with Gasteiger partial charge in [0.25, 0.3) is 5.91 Å². The lowest BCUT2D eigenvalue weighted by Gasteiger charge is -2.62. The number of nitrogens with one attached hydrogen (secondary N) is 1. The lowest BCUT2D eigenvalue weighted by atomic mass is 9.48. The number of pyridine rings is 1. The van der Waals surface area contributed by atoms with Crippen LogP contribution in [0, 0.1) is 16.6 Å². The zero-order valence-corrected chi connectivity index (χ0v) is 11.7. The van der Waals surface area contributed by atoms with Gasteiger partial charge in [0.05, 0.1) is 11.8 Å². The molecule has 1 aromatic heterocycles. The molecule has 0 aliphatic heterocycles. The van der Waals surface area contributed by atoms with Crippen LogP contribution in [0.5, 0.6) is 0 Å². The Bertz CT molecular complexity index is 497. The SMILES string of the molecule is CC1(C)C(N)C(C)(C)C1NC(=O)c1cncc(F)c1. The average molecular weight is 265 g/mol. The van der Waals surface area contributed by atoms with E-state index >= 15 is 0 Å².